The third kappa shape index (κ3) is 2.95. The molecule has 3 rings (SSSR count). The Hall–Kier alpha value is -1.56. The molecule has 0 bridgehead atoms. The molecular formula is C16H15IN2O. The van der Waals surface area contributed by atoms with Crippen LogP contribution in [0.1, 0.15) is 22.3 Å². The molecule has 0 atom stereocenters. The molecule has 2 N–H and O–H groups in total. The molecule has 0 unspecified atom stereocenters. The highest BCUT2D eigenvalue weighted by Crippen LogP contribution is 2.25. The van der Waals surface area contributed by atoms with Gasteiger partial charge in [0.05, 0.1) is 0 Å². The topological polar surface area (TPSA) is 41.1 Å². The monoisotopic (exact) mass is 378 g/mol. The SMILES string of the molecule is O=C(Nc1ccc2c(c1)NCCC2)c1cccc(I)c1. The minimum Gasteiger partial charge on any atom is -0.385 e. The normalized spacial score (nSPS) is 13.2. The molecule has 0 aliphatic carbocycles. The van der Waals surface area contributed by atoms with Crippen LogP contribution in [0.3, 0.4) is 0 Å². The zero-order valence-corrected chi connectivity index (χ0v) is 13.1. The van der Waals surface area contributed by atoms with Gasteiger partial charge in [0.15, 0.2) is 0 Å². The number of amides is 1. The molecule has 0 fully saturated rings. The minimum absolute atomic E-state index is 0.0701. The Balaban J connectivity index is 1.79. The van der Waals surface area contributed by atoms with E-state index in [-0.39, 0.29) is 5.91 Å². The molecule has 3 nitrogen and oxygen atoms in total. The van der Waals surface area contributed by atoms with Crippen LogP contribution >= 0.6 is 22.6 Å². The Kier molecular flexibility index (Phi) is 3.91. The van der Waals surface area contributed by atoms with Crippen LogP contribution in [0.25, 0.3) is 0 Å². The lowest BCUT2D eigenvalue weighted by atomic mass is 10.0. The first kappa shape index (κ1) is 13.4. The van der Waals surface area contributed by atoms with Crippen LogP contribution in [0.5, 0.6) is 0 Å². The maximum atomic E-state index is 12.2. The molecule has 0 radical (unpaired) electrons. The third-order valence-corrected chi connectivity index (χ3v) is 4.06. The van der Waals surface area contributed by atoms with Gasteiger partial charge in [-0.05, 0) is 71.3 Å². The van der Waals surface area contributed by atoms with Crippen molar-refractivity contribution in [3.8, 4) is 0 Å². The summed E-state index contributed by atoms with van der Waals surface area (Å²) < 4.78 is 1.06. The second-order valence-corrected chi connectivity index (χ2v) is 6.11. The molecule has 20 heavy (non-hydrogen) atoms. The van der Waals surface area contributed by atoms with Crippen LogP contribution in [-0.2, 0) is 6.42 Å². The maximum absolute atomic E-state index is 12.2. The summed E-state index contributed by atoms with van der Waals surface area (Å²) in [6, 6.07) is 13.6. The lowest BCUT2D eigenvalue weighted by molar-refractivity contribution is 0.102. The van der Waals surface area contributed by atoms with Gasteiger partial charge in [0.2, 0.25) is 0 Å². The van der Waals surface area contributed by atoms with Gasteiger partial charge in [-0.3, -0.25) is 4.79 Å². The molecule has 0 saturated heterocycles. The van der Waals surface area contributed by atoms with Crippen molar-refractivity contribution in [2.45, 2.75) is 12.8 Å². The molecular weight excluding hydrogens is 363 g/mol. The fraction of sp³-hybridized carbons (Fsp3) is 0.188. The number of halogens is 1. The predicted octanol–water partition coefficient (Wildman–Crippen LogP) is 3.90. The molecule has 2 aromatic carbocycles. The van der Waals surface area contributed by atoms with Crippen LogP contribution in [0.4, 0.5) is 11.4 Å². The Labute approximate surface area is 131 Å². The van der Waals surface area contributed by atoms with Gasteiger partial charge < -0.3 is 10.6 Å². The highest BCUT2D eigenvalue weighted by atomic mass is 127. The van der Waals surface area contributed by atoms with E-state index in [0.29, 0.717) is 5.56 Å². The third-order valence-electron chi connectivity index (χ3n) is 3.39. The van der Waals surface area contributed by atoms with Crippen LogP contribution in [-0.4, -0.2) is 12.5 Å². The van der Waals surface area contributed by atoms with Crippen molar-refractivity contribution in [2.24, 2.45) is 0 Å². The van der Waals surface area contributed by atoms with E-state index in [1.807, 2.05) is 36.4 Å². The van der Waals surface area contributed by atoms with Gasteiger partial charge >= 0.3 is 0 Å². The first-order chi connectivity index (χ1) is 9.72. The number of benzene rings is 2. The number of aryl methyl sites for hydroxylation is 1. The number of rotatable bonds is 2. The smallest absolute Gasteiger partial charge is 0.255 e. The van der Waals surface area contributed by atoms with Crippen LogP contribution in [0.2, 0.25) is 0 Å². The summed E-state index contributed by atoms with van der Waals surface area (Å²) in [6.07, 6.45) is 2.27. The van der Waals surface area contributed by atoms with Crippen molar-refractivity contribution < 1.29 is 4.79 Å². The summed E-state index contributed by atoms with van der Waals surface area (Å²) in [4.78, 5) is 12.2. The van der Waals surface area contributed by atoms with E-state index in [4.69, 9.17) is 0 Å². The van der Waals surface area contributed by atoms with E-state index in [1.54, 1.807) is 0 Å². The number of anilines is 2. The van der Waals surface area contributed by atoms with Gasteiger partial charge in [-0.15, -0.1) is 0 Å². The standard InChI is InChI=1S/C16H15IN2O/c17-13-5-1-3-12(9-13)16(20)19-14-7-6-11-4-2-8-18-15(11)10-14/h1,3,5-7,9-10,18H,2,4,8H2,(H,19,20). The highest BCUT2D eigenvalue weighted by Gasteiger charge is 2.11. The van der Waals surface area contributed by atoms with E-state index >= 15 is 0 Å². The second kappa shape index (κ2) is 5.83. The van der Waals surface area contributed by atoms with E-state index in [0.717, 1.165) is 27.9 Å². The predicted molar refractivity (Wildman–Crippen MR) is 90.4 cm³/mol. The largest absolute Gasteiger partial charge is 0.385 e. The number of hydrogen-bond donors (Lipinski definition) is 2. The molecule has 1 aliphatic rings. The van der Waals surface area contributed by atoms with E-state index in [9.17, 15) is 4.79 Å². The number of fused-ring (bicyclic) bond motifs is 1. The van der Waals surface area contributed by atoms with Crippen molar-refractivity contribution in [3.05, 3.63) is 57.2 Å². The van der Waals surface area contributed by atoms with Crippen molar-refractivity contribution >= 4 is 39.9 Å². The van der Waals surface area contributed by atoms with Crippen LogP contribution in [0.15, 0.2) is 42.5 Å². The average Bonchev–Trinajstić information content (AvgIpc) is 2.47. The van der Waals surface area contributed by atoms with Gasteiger partial charge in [-0.2, -0.15) is 0 Å². The second-order valence-electron chi connectivity index (χ2n) is 4.87. The van der Waals surface area contributed by atoms with Gasteiger partial charge in [0, 0.05) is 27.1 Å². The van der Waals surface area contributed by atoms with Gasteiger partial charge in [-0.1, -0.05) is 12.1 Å². The molecule has 1 aliphatic heterocycles. The molecule has 1 amide bonds. The zero-order chi connectivity index (χ0) is 13.9. The summed E-state index contributed by atoms with van der Waals surface area (Å²) in [6.45, 7) is 1.00. The summed E-state index contributed by atoms with van der Waals surface area (Å²) in [5, 5.41) is 6.33. The number of carbonyl (C=O) groups is 1. The lowest BCUT2D eigenvalue weighted by Crippen LogP contribution is -2.14. The number of nitrogens with one attached hydrogen (secondary N) is 2. The summed E-state index contributed by atoms with van der Waals surface area (Å²) in [7, 11) is 0. The quantitative estimate of drug-likeness (QED) is 0.779. The fourth-order valence-corrected chi connectivity index (χ4v) is 2.91. The first-order valence-corrected chi connectivity index (χ1v) is 7.74. The Morgan fingerprint density at radius 2 is 2.10 bits per heavy atom. The molecule has 102 valence electrons. The summed E-state index contributed by atoms with van der Waals surface area (Å²) >= 11 is 2.21. The Morgan fingerprint density at radius 1 is 1.20 bits per heavy atom. The number of hydrogen-bond acceptors (Lipinski definition) is 2. The van der Waals surface area contributed by atoms with Crippen molar-refractivity contribution in [1.29, 1.82) is 0 Å². The van der Waals surface area contributed by atoms with Crippen LogP contribution < -0.4 is 10.6 Å². The van der Waals surface area contributed by atoms with E-state index in [1.165, 1.54) is 12.0 Å². The molecule has 4 heteroatoms. The van der Waals surface area contributed by atoms with Gasteiger partial charge in [0.1, 0.15) is 0 Å². The van der Waals surface area contributed by atoms with Gasteiger partial charge in [-0.25, -0.2) is 0 Å². The fourth-order valence-electron chi connectivity index (χ4n) is 2.37. The van der Waals surface area contributed by atoms with E-state index < -0.39 is 0 Å². The summed E-state index contributed by atoms with van der Waals surface area (Å²) in [5.74, 6) is -0.0701. The maximum Gasteiger partial charge on any atom is 0.255 e. The van der Waals surface area contributed by atoms with Crippen molar-refractivity contribution in [2.75, 3.05) is 17.2 Å². The molecule has 1 heterocycles. The number of carbonyl (C=O) groups excluding carboxylic acids is 1. The molecule has 0 saturated carbocycles. The van der Waals surface area contributed by atoms with Gasteiger partial charge in [0.25, 0.3) is 5.91 Å². The van der Waals surface area contributed by atoms with E-state index in [2.05, 4.69) is 39.3 Å². The molecule has 2 aromatic rings. The highest BCUT2D eigenvalue weighted by molar-refractivity contribution is 14.1. The van der Waals surface area contributed by atoms with Crippen molar-refractivity contribution in [1.82, 2.24) is 0 Å². The average molecular weight is 378 g/mol. The lowest BCUT2D eigenvalue weighted by Gasteiger charge is -2.18. The van der Waals surface area contributed by atoms with Crippen LogP contribution in [0, 0.1) is 3.57 Å². The molecule has 0 aromatic heterocycles. The summed E-state index contributed by atoms with van der Waals surface area (Å²) in [5.41, 5.74) is 3.98. The molecule has 0 spiro atoms. The zero-order valence-electron chi connectivity index (χ0n) is 10.9. The van der Waals surface area contributed by atoms with Crippen molar-refractivity contribution in [3.63, 3.8) is 0 Å². The minimum atomic E-state index is -0.0701. The Morgan fingerprint density at radius 3 is 2.95 bits per heavy atom. The Bertz CT molecular complexity index is 655. The first-order valence-electron chi connectivity index (χ1n) is 6.66.